The van der Waals surface area contributed by atoms with E-state index in [4.69, 9.17) is 0 Å². The highest BCUT2D eigenvalue weighted by molar-refractivity contribution is 5.75. The molecule has 0 atom stereocenters. The Hall–Kier alpha value is -2.28. The summed E-state index contributed by atoms with van der Waals surface area (Å²) in [6, 6.07) is 3.96. The Labute approximate surface area is 123 Å². The predicted octanol–water partition coefficient (Wildman–Crippen LogP) is 0.359. The number of hydrogen-bond acceptors (Lipinski definition) is 5. The molecule has 2 heterocycles. The molecule has 0 bridgehead atoms. The van der Waals surface area contributed by atoms with Crippen LogP contribution in [0.4, 0.5) is 0 Å². The number of aryl methyl sites for hydroxylation is 1. The van der Waals surface area contributed by atoms with Crippen molar-refractivity contribution < 1.29 is 4.79 Å². The second kappa shape index (κ2) is 8.80. The Morgan fingerprint density at radius 1 is 1.29 bits per heavy atom. The molecule has 0 saturated carbocycles. The van der Waals surface area contributed by atoms with E-state index in [-0.39, 0.29) is 5.91 Å². The quantitative estimate of drug-likeness (QED) is 0.651. The molecule has 2 rings (SSSR count). The summed E-state index contributed by atoms with van der Waals surface area (Å²) >= 11 is 0. The van der Waals surface area contributed by atoms with Crippen LogP contribution in [0.25, 0.3) is 0 Å². The lowest BCUT2D eigenvalue weighted by molar-refractivity contribution is -0.121. The summed E-state index contributed by atoms with van der Waals surface area (Å²) in [6.45, 7) is 2.90. The Morgan fingerprint density at radius 2 is 2.24 bits per heavy atom. The van der Waals surface area contributed by atoms with Crippen LogP contribution in [0, 0.1) is 0 Å². The Kier molecular flexibility index (Phi) is 6.34. The van der Waals surface area contributed by atoms with Gasteiger partial charge in [-0.1, -0.05) is 6.07 Å². The van der Waals surface area contributed by atoms with Crippen molar-refractivity contribution in [2.75, 3.05) is 13.1 Å². The number of pyridine rings is 1. The van der Waals surface area contributed by atoms with E-state index in [0.29, 0.717) is 19.5 Å². The van der Waals surface area contributed by atoms with Gasteiger partial charge < -0.3 is 10.6 Å². The van der Waals surface area contributed by atoms with Crippen LogP contribution in [0.2, 0.25) is 0 Å². The lowest BCUT2D eigenvalue weighted by Gasteiger charge is -2.06. The first kappa shape index (κ1) is 15.1. The van der Waals surface area contributed by atoms with Crippen molar-refractivity contribution in [1.82, 2.24) is 30.4 Å². The molecule has 2 aromatic heterocycles. The van der Waals surface area contributed by atoms with Crippen LogP contribution in [0.3, 0.4) is 0 Å². The minimum atomic E-state index is 0.0396. The van der Waals surface area contributed by atoms with Gasteiger partial charge in [-0.2, -0.15) is 5.10 Å². The van der Waals surface area contributed by atoms with Crippen LogP contribution in [-0.2, 0) is 17.9 Å². The molecule has 7 nitrogen and oxygen atoms in total. The molecular weight excluding hydrogens is 268 g/mol. The fourth-order valence-electron chi connectivity index (χ4n) is 1.83. The van der Waals surface area contributed by atoms with Crippen LogP contribution < -0.4 is 10.6 Å². The molecule has 0 spiro atoms. The van der Waals surface area contributed by atoms with Crippen molar-refractivity contribution in [3.05, 3.63) is 42.7 Å². The van der Waals surface area contributed by atoms with E-state index < -0.39 is 0 Å². The van der Waals surface area contributed by atoms with Crippen molar-refractivity contribution in [3.63, 3.8) is 0 Å². The summed E-state index contributed by atoms with van der Waals surface area (Å²) in [5.74, 6) is 0.0396. The molecule has 0 aliphatic carbocycles. The predicted molar refractivity (Wildman–Crippen MR) is 78.2 cm³/mol. The average molecular weight is 288 g/mol. The zero-order valence-electron chi connectivity index (χ0n) is 11.9. The van der Waals surface area contributed by atoms with Gasteiger partial charge in [0.2, 0.25) is 5.91 Å². The molecule has 1 amide bonds. The van der Waals surface area contributed by atoms with Crippen LogP contribution >= 0.6 is 0 Å². The molecule has 0 saturated heterocycles. The van der Waals surface area contributed by atoms with Gasteiger partial charge in [-0.3, -0.25) is 14.5 Å². The zero-order chi connectivity index (χ0) is 14.8. The first-order chi connectivity index (χ1) is 10.3. The maximum absolute atomic E-state index is 11.6. The Morgan fingerprint density at radius 3 is 3.00 bits per heavy atom. The third-order valence-electron chi connectivity index (χ3n) is 2.94. The van der Waals surface area contributed by atoms with Crippen molar-refractivity contribution in [2.24, 2.45) is 0 Å². The maximum Gasteiger partial charge on any atom is 0.221 e. The van der Waals surface area contributed by atoms with Gasteiger partial charge in [0.1, 0.15) is 12.7 Å². The third kappa shape index (κ3) is 6.13. The second-order valence-corrected chi connectivity index (χ2v) is 4.65. The number of aromatic nitrogens is 4. The number of nitrogens with one attached hydrogen (secondary N) is 2. The van der Waals surface area contributed by atoms with Gasteiger partial charge in [0.05, 0.1) is 6.54 Å². The molecule has 0 aliphatic rings. The van der Waals surface area contributed by atoms with Gasteiger partial charge in [-0.05, 0) is 24.6 Å². The molecule has 21 heavy (non-hydrogen) atoms. The molecule has 0 aromatic carbocycles. The number of nitrogens with zero attached hydrogens (tertiary/aromatic N) is 4. The fourth-order valence-corrected chi connectivity index (χ4v) is 1.83. The van der Waals surface area contributed by atoms with Crippen LogP contribution in [0.5, 0.6) is 0 Å². The molecular formula is C14H20N6O. The second-order valence-electron chi connectivity index (χ2n) is 4.65. The van der Waals surface area contributed by atoms with Crippen LogP contribution in [0.1, 0.15) is 18.4 Å². The Bertz CT molecular complexity index is 514. The molecule has 0 fully saturated rings. The highest BCUT2D eigenvalue weighted by atomic mass is 16.1. The average Bonchev–Trinajstić information content (AvgIpc) is 3.03. The first-order valence-electron chi connectivity index (χ1n) is 7.03. The van der Waals surface area contributed by atoms with Gasteiger partial charge in [-0.15, -0.1) is 0 Å². The molecule has 112 valence electrons. The smallest absolute Gasteiger partial charge is 0.221 e. The molecule has 0 radical (unpaired) electrons. The normalized spacial score (nSPS) is 10.5. The summed E-state index contributed by atoms with van der Waals surface area (Å²) < 4.78 is 1.65. The van der Waals surface area contributed by atoms with Gasteiger partial charge in [-0.25, -0.2) is 4.98 Å². The lowest BCUT2D eigenvalue weighted by Crippen LogP contribution is -2.28. The van der Waals surface area contributed by atoms with Crippen LogP contribution in [-0.4, -0.2) is 38.7 Å². The van der Waals surface area contributed by atoms with Gasteiger partial charge in [0, 0.05) is 31.9 Å². The monoisotopic (exact) mass is 288 g/mol. The summed E-state index contributed by atoms with van der Waals surface area (Å²) in [4.78, 5) is 19.5. The maximum atomic E-state index is 11.6. The van der Waals surface area contributed by atoms with E-state index in [0.717, 1.165) is 25.1 Å². The molecule has 2 aromatic rings. The summed E-state index contributed by atoms with van der Waals surface area (Å²) in [6.07, 6.45) is 8.00. The summed E-state index contributed by atoms with van der Waals surface area (Å²) in [5.41, 5.74) is 1.16. The van der Waals surface area contributed by atoms with E-state index in [1.54, 1.807) is 17.2 Å². The largest absolute Gasteiger partial charge is 0.356 e. The molecule has 0 aliphatic heterocycles. The van der Waals surface area contributed by atoms with E-state index in [1.807, 2.05) is 18.3 Å². The fraction of sp³-hybridized carbons (Fsp3) is 0.429. The minimum Gasteiger partial charge on any atom is -0.356 e. The molecule has 7 heteroatoms. The number of amides is 1. The van der Waals surface area contributed by atoms with E-state index in [1.165, 1.54) is 6.33 Å². The van der Waals surface area contributed by atoms with E-state index in [2.05, 4.69) is 25.7 Å². The first-order valence-corrected chi connectivity index (χ1v) is 7.03. The van der Waals surface area contributed by atoms with Crippen molar-refractivity contribution in [3.8, 4) is 0 Å². The summed E-state index contributed by atoms with van der Waals surface area (Å²) in [5, 5.41) is 10.2. The standard InChI is InChI=1S/C14H20N6O/c21-14(4-8-20-12-17-11-19-20)18-7-2-6-16-10-13-3-1-5-15-9-13/h1,3,5,9,11-12,16H,2,4,6-8,10H2,(H,18,21). The SMILES string of the molecule is O=C(CCn1cncn1)NCCCNCc1cccnc1. The van der Waals surface area contributed by atoms with Gasteiger partial charge in [0.15, 0.2) is 0 Å². The number of hydrogen-bond donors (Lipinski definition) is 2. The third-order valence-corrected chi connectivity index (χ3v) is 2.94. The topological polar surface area (TPSA) is 84.7 Å². The van der Waals surface area contributed by atoms with Crippen molar-refractivity contribution >= 4 is 5.91 Å². The molecule has 0 unspecified atom stereocenters. The van der Waals surface area contributed by atoms with E-state index in [9.17, 15) is 4.79 Å². The molecule has 2 N–H and O–H groups in total. The van der Waals surface area contributed by atoms with E-state index >= 15 is 0 Å². The minimum absolute atomic E-state index is 0.0396. The Balaban J connectivity index is 1.47. The van der Waals surface area contributed by atoms with Gasteiger partial charge in [0.25, 0.3) is 0 Å². The summed E-state index contributed by atoms with van der Waals surface area (Å²) in [7, 11) is 0. The number of rotatable bonds is 9. The van der Waals surface area contributed by atoms with Gasteiger partial charge >= 0.3 is 0 Å². The van der Waals surface area contributed by atoms with Crippen LogP contribution in [0.15, 0.2) is 37.2 Å². The van der Waals surface area contributed by atoms with Crippen molar-refractivity contribution in [2.45, 2.75) is 25.9 Å². The number of carbonyl (C=O) groups is 1. The number of carbonyl (C=O) groups excluding carboxylic acids is 1. The highest BCUT2D eigenvalue weighted by Gasteiger charge is 2.01. The highest BCUT2D eigenvalue weighted by Crippen LogP contribution is 1.94. The zero-order valence-corrected chi connectivity index (χ0v) is 11.9. The van der Waals surface area contributed by atoms with Crippen molar-refractivity contribution in [1.29, 1.82) is 0 Å². The lowest BCUT2D eigenvalue weighted by atomic mass is 10.3.